The predicted octanol–water partition coefficient (Wildman–Crippen LogP) is 3.52. The third-order valence-electron chi connectivity index (χ3n) is 6.40. The molecule has 2 aromatic heterocycles. The molecule has 0 saturated carbocycles. The van der Waals surface area contributed by atoms with Gasteiger partial charge in [0.15, 0.2) is 11.0 Å². The van der Waals surface area contributed by atoms with E-state index in [9.17, 15) is 0 Å². The Bertz CT molecular complexity index is 942. The van der Waals surface area contributed by atoms with Gasteiger partial charge in [-0.3, -0.25) is 4.90 Å². The van der Waals surface area contributed by atoms with Gasteiger partial charge < -0.3 is 9.64 Å². The van der Waals surface area contributed by atoms with Crippen molar-refractivity contribution in [2.45, 2.75) is 57.7 Å². The van der Waals surface area contributed by atoms with E-state index < -0.39 is 0 Å². The second-order valence-electron chi connectivity index (χ2n) is 8.50. The number of tetrazole rings is 1. The van der Waals surface area contributed by atoms with E-state index in [-0.39, 0.29) is 12.1 Å². The zero-order valence-corrected chi connectivity index (χ0v) is 19.0. The molecule has 0 unspecified atom stereocenters. The molecule has 2 aliphatic heterocycles. The van der Waals surface area contributed by atoms with E-state index >= 15 is 0 Å². The molecule has 8 nitrogen and oxygen atoms in total. The van der Waals surface area contributed by atoms with Crippen LogP contribution >= 0.6 is 11.3 Å². The lowest BCUT2D eigenvalue weighted by atomic mass is 10.1. The number of ether oxygens (including phenoxy) is 1. The maximum Gasteiger partial charge on any atom is 0.186 e. The van der Waals surface area contributed by atoms with Crippen LogP contribution in [-0.2, 0) is 11.3 Å². The molecule has 9 heteroatoms. The van der Waals surface area contributed by atoms with E-state index in [1.807, 2.05) is 4.68 Å². The molecule has 0 amide bonds. The van der Waals surface area contributed by atoms with Crippen molar-refractivity contribution in [3.63, 3.8) is 0 Å². The van der Waals surface area contributed by atoms with Gasteiger partial charge in [-0.2, -0.15) is 0 Å². The fraction of sp³-hybridized carbons (Fsp3) is 0.636. The molecule has 2 atom stereocenters. The number of aromatic nitrogens is 5. The summed E-state index contributed by atoms with van der Waals surface area (Å²) in [7, 11) is 0. The van der Waals surface area contributed by atoms with Crippen molar-refractivity contribution in [3.8, 4) is 0 Å². The van der Waals surface area contributed by atoms with Crippen molar-refractivity contribution in [3.05, 3.63) is 30.1 Å². The minimum atomic E-state index is 0.241. The molecule has 2 fully saturated rings. The number of anilines is 1. The molecular weight excluding hydrogens is 410 g/mol. The number of hydrogen-bond donors (Lipinski definition) is 0. The normalized spacial score (nSPS) is 21.2. The van der Waals surface area contributed by atoms with Gasteiger partial charge in [0, 0.05) is 32.8 Å². The van der Waals surface area contributed by atoms with Crippen LogP contribution in [0.15, 0.2) is 24.3 Å². The predicted molar refractivity (Wildman–Crippen MR) is 122 cm³/mol. The van der Waals surface area contributed by atoms with Crippen molar-refractivity contribution in [2.24, 2.45) is 0 Å². The van der Waals surface area contributed by atoms with Gasteiger partial charge in [-0.05, 0) is 41.8 Å². The summed E-state index contributed by atoms with van der Waals surface area (Å²) in [6, 6.07) is 8.65. The molecule has 2 saturated heterocycles. The lowest BCUT2D eigenvalue weighted by Gasteiger charge is -2.38. The van der Waals surface area contributed by atoms with Crippen LogP contribution in [0.5, 0.6) is 0 Å². The lowest BCUT2D eigenvalue weighted by molar-refractivity contribution is 0.0890. The minimum absolute atomic E-state index is 0.241. The van der Waals surface area contributed by atoms with Crippen molar-refractivity contribution >= 4 is 26.7 Å². The first-order valence-electron chi connectivity index (χ1n) is 11.5. The first kappa shape index (κ1) is 20.8. The minimum Gasteiger partial charge on any atom is -0.376 e. The van der Waals surface area contributed by atoms with Crippen molar-refractivity contribution in [1.82, 2.24) is 30.1 Å². The molecule has 0 aliphatic carbocycles. The number of piperazine rings is 1. The highest BCUT2D eigenvalue weighted by atomic mass is 32.1. The monoisotopic (exact) mass is 441 g/mol. The number of para-hydroxylation sites is 1. The van der Waals surface area contributed by atoms with E-state index in [0.717, 1.165) is 75.1 Å². The second kappa shape index (κ2) is 9.58. The smallest absolute Gasteiger partial charge is 0.186 e. The fourth-order valence-electron chi connectivity index (χ4n) is 4.65. The molecule has 166 valence electrons. The Morgan fingerprint density at radius 3 is 2.84 bits per heavy atom. The Labute approximate surface area is 187 Å². The molecule has 0 spiro atoms. The van der Waals surface area contributed by atoms with E-state index in [1.54, 1.807) is 11.3 Å². The van der Waals surface area contributed by atoms with Gasteiger partial charge in [0.25, 0.3) is 0 Å². The summed E-state index contributed by atoms with van der Waals surface area (Å²) in [4.78, 5) is 9.84. The van der Waals surface area contributed by atoms with Gasteiger partial charge in [0.05, 0.1) is 28.9 Å². The Balaban J connectivity index is 1.28. The SMILES string of the molecule is CCCC[C@H](c1nnnn1C[C@H]1CCCO1)N1CCN(c2nc3ccccc3s2)CC1. The topological polar surface area (TPSA) is 72.2 Å². The van der Waals surface area contributed by atoms with E-state index in [0.29, 0.717) is 0 Å². The average Bonchev–Trinajstić information content (AvgIpc) is 3.56. The van der Waals surface area contributed by atoms with Gasteiger partial charge in [0.2, 0.25) is 0 Å². The summed E-state index contributed by atoms with van der Waals surface area (Å²) in [5.41, 5.74) is 1.10. The summed E-state index contributed by atoms with van der Waals surface area (Å²) in [6.45, 7) is 7.82. The van der Waals surface area contributed by atoms with Crippen LogP contribution in [0, 0.1) is 0 Å². The number of nitrogens with zero attached hydrogens (tertiary/aromatic N) is 7. The van der Waals surface area contributed by atoms with Crippen LogP contribution < -0.4 is 4.90 Å². The standard InChI is InChI=1S/C22H31N7OS/c1-2-3-9-19(21-24-25-26-29(21)16-17-7-6-15-30-17)27-11-13-28(14-12-27)22-23-18-8-4-5-10-20(18)31-22/h4-5,8,10,17,19H,2-3,6-7,9,11-16H2,1H3/t17-,19-/m1/s1. The highest BCUT2D eigenvalue weighted by Gasteiger charge is 2.30. The highest BCUT2D eigenvalue weighted by Crippen LogP contribution is 2.31. The quantitative estimate of drug-likeness (QED) is 0.530. The van der Waals surface area contributed by atoms with Gasteiger partial charge in [-0.25, -0.2) is 9.67 Å². The summed E-state index contributed by atoms with van der Waals surface area (Å²) in [6.07, 6.45) is 5.91. The summed E-state index contributed by atoms with van der Waals surface area (Å²) >= 11 is 1.79. The van der Waals surface area contributed by atoms with E-state index in [4.69, 9.17) is 9.72 Å². The third kappa shape index (κ3) is 4.58. The van der Waals surface area contributed by atoms with E-state index in [1.165, 1.54) is 17.5 Å². The molecule has 5 rings (SSSR count). The molecule has 0 N–H and O–H groups in total. The Kier molecular flexibility index (Phi) is 6.42. The molecule has 31 heavy (non-hydrogen) atoms. The first-order valence-corrected chi connectivity index (χ1v) is 12.4. The van der Waals surface area contributed by atoms with Crippen LogP contribution in [0.25, 0.3) is 10.2 Å². The fourth-order valence-corrected chi connectivity index (χ4v) is 5.67. The molecule has 4 heterocycles. The van der Waals surface area contributed by atoms with Crippen LogP contribution in [0.3, 0.4) is 0 Å². The molecule has 1 aromatic carbocycles. The zero-order chi connectivity index (χ0) is 21.0. The van der Waals surface area contributed by atoms with Gasteiger partial charge in [0.1, 0.15) is 0 Å². The van der Waals surface area contributed by atoms with Crippen molar-refractivity contribution in [2.75, 3.05) is 37.7 Å². The number of thiazole rings is 1. The molecule has 3 aromatic rings. The highest BCUT2D eigenvalue weighted by molar-refractivity contribution is 7.22. The number of rotatable bonds is 8. The third-order valence-corrected chi connectivity index (χ3v) is 7.49. The first-order chi connectivity index (χ1) is 15.3. The average molecular weight is 442 g/mol. The Hall–Kier alpha value is -2.10. The summed E-state index contributed by atoms with van der Waals surface area (Å²) in [5.74, 6) is 0.998. The van der Waals surface area contributed by atoms with Crippen LogP contribution in [-0.4, -0.2) is 69.0 Å². The molecule has 0 bridgehead atoms. The van der Waals surface area contributed by atoms with Crippen LogP contribution in [0.1, 0.15) is 50.9 Å². The Morgan fingerprint density at radius 1 is 1.19 bits per heavy atom. The summed E-state index contributed by atoms with van der Waals surface area (Å²) in [5, 5.41) is 14.0. The summed E-state index contributed by atoms with van der Waals surface area (Å²) < 4.78 is 9.09. The van der Waals surface area contributed by atoms with E-state index in [2.05, 4.69) is 56.5 Å². The zero-order valence-electron chi connectivity index (χ0n) is 18.2. The van der Waals surface area contributed by atoms with Gasteiger partial charge >= 0.3 is 0 Å². The van der Waals surface area contributed by atoms with Gasteiger partial charge in [-0.1, -0.05) is 43.2 Å². The number of benzene rings is 1. The number of hydrogen-bond acceptors (Lipinski definition) is 8. The number of fused-ring (bicyclic) bond motifs is 1. The van der Waals surface area contributed by atoms with Crippen LogP contribution in [0.4, 0.5) is 5.13 Å². The van der Waals surface area contributed by atoms with Gasteiger partial charge in [-0.15, -0.1) is 5.10 Å². The maximum atomic E-state index is 5.83. The molecule has 0 radical (unpaired) electrons. The molecule has 2 aliphatic rings. The van der Waals surface area contributed by atoms with Crippen LogP contribution in [0.2, 0.25) is 0 Å². The second-order valence-corrected chi connectivity index (χ2v) is 9.51. The number of unbranched alkanes of at least 4 members (excludes halogenated alkanes) is 1. The van der Waals surface area contributed by atoms with Crippen molar-refractivity contribution in [1.29, 1.82) is 0 Å². The maximum absolute atomic E-state index is 5.83. The largest absolute Gasteiger partial charge is 0.376 e. The lowest BCUT2D eigenvalue weighted by Crippen LogP contribution is -2.48. The Morgan fingerprint density at radius 2 is 2.06 bits per heavy atom. The van der Waals surface area contributed by atoms with Crippen molar-refractivity contribution < 1.29 is 4.74 Å². The molecular formula is C22H31N7OS.